The van der Waals surface area contributed by atoms with E-state index in [1.54, 1.807) is 17.4 Å². The Balaban J connectivity index is 2.09. The van der Waals surface area contributed by atoms with Gasteiger partial charge in [0.1, 0.15) is 11.7 Å². The van der Waals surface area contributed by atoms with E-state index >= 15 is 0 Å². The maximum Gasteiger partial charge on any atom is 0.391 e. The predicted octanol–water partition coefficient (Wildman–Crippen LogP) is 1.81. The number of nitrogens with one attached hydrogen (secondary N) is 2. The Labute approximate surface area is 121 Å². The lowest BCUT2D eigenvalue weighted by atomic mass is 10.2. The average molecular weight is 317 g/mol. The van der Waals surface area contributed by atoms with Crippen molar-refractivity contribution in [2.45, 2.75) is 18.6 Å². The smallest absolute Gasteiger partial charge is 0.391 e. The number of amides is 1. The van der Waals surface area contributed by atoms with E-state index in [0.29, 0.717) is 11.5 Å². The van der Waals surface area contributed by atoms with Gasteiger partial charge in [0.05, 0.1) is 12.7 Å². The molecule has 0 aliphatic rings. The number of hydrogen-bond donors (Lipinski definition) is 3. The van der Waals surface area contributed by atoms with Crippen LogP contribution in [0.3, 0.4) is 0 Å². The quantitative estimate of drug-likeness (QED) is 0.779. The number of aromatic amines is 1. The molecule has 2 aromatic heterocycles. The molecular weight excluding hydrogens is 307 g/mol. The largest absolute Gasteiger partial charge is 0.480 e. The molecule has 3 N–H and O–H groups in total. The molecule has 2 rings (SSSR count). The zero-order valence-electron chi connectivity index (χ0n) is 10.8. The van der Waals surface area contributed by atoms with Gasteiger partial charge in [-0.05, 0) is 12.1 Å². The lowest BCUT2D eigenvalue weighted by Crippen LogP contribution is -2.43. The maximum atomic E-state index is 12.3. The Bertz CT molecular complexity index is 663. The minimum absolute atomic E-state index is 0.250. The zero-order valence-corrected chi connectivity index (χ0v) is 10.8. The van der Waals surface area contributed by atoms with Gasteiger partial charge in [0.2, 0.25) is 0 Å². The number of carbonyl (C=O) groups is 2. The molecule has 2 aromatic rings. The number of hydrogen-bond acceptors (Lipinski definition) is 4. The Hall–Kier alpha value is -2.78. The van der Waals surface area contributed by atoms with E-state index in [4.69, 9.17) is 9.52 Å². The van der Waals surface area contributed by atoms with E-state index in [-0.39, 0.29) is 5.69 Å². The first-order chi connectivity index (χ1) is 10.3. The van der Waals surface area contributed by atoms with E-state index in [2.05, 4.69) is 10.2 Å². The van der Waals surface area contributed by atoms with Gasteiger partial charge in [-0.15, -0.1) is 0 Å². The zero-order chi connectivity index (χ0) is 16.3. The minimum Gasteiger partial charge on any atom is -0.480 e. The summed E-state index contributed by atoms with van der Waals surface area (Å²) in [5.74, 6) is -2.45. The number of alkyl halides is 3. The fourth-order valence-corrected chi connectivity index (χ4v) is 1.66. The van der Waals surface area contributed by atoms with E-state index in [1.807, 2.05) is 0 Å². The van der Waals surface area contributed by atoms with Crippen LogP contribution >= 0.6 is 0 Å². The summed E-state index contributed by atoms with van der Waals surface area (Å²) in [7, 11) is 0. The van der Waals surface area contributed by atoms with Crippen LogP contribution in [0.15, 0.2) is 28.9 Å². The van der Waals surface area contributed by atoms with Crippen LogP contribution in [0.1, 0.15) is 16.9 Å². The van der Waals surface area contributed by atoms with Crippen LogP contribution in [0.25, 0.3) is 11.5 Å². The summed E-state index contributed by atoms with van der Waals surface area (Å²) in [6.45, 7) is 0. The van der Waals surface area contributed by atoms with Crippen LogP contribution in [0, 0.1) is 0 Å². The van der Waals surface area contributed by atoms with Gasteiger partial charge in [-0.2, -0.15) is 18.3 Å². The van der Waals surface area contributed by atoms with Crippen LogP contribution in [0.2, 0.25) is 0 Å². The van der Waals surface area contributed by atoms with Crippen molar-refractivity contribution in [3.8, 4) is 11.5 Å². The second kappa shape index (κ2) is 5.92. The number of carboxylic acid groups (broad SMARTS) is 1. The summed E-state index contributed by atoms with van der Waals surface area (Å²) in [6, 6.07) is 2.33. The lowest BCUT2D eigenvalue weighted by Gasteiger charge is -2.15. The van der Waals surface area contributed by atoms with Crippen molar-refractivity contribution in [1.29, 1.82) is 0 Å². The van der Waals surface area contributed by atoms with Crippen LogP contribution in [-0.2, 0) is 4.79 Å². The molecule has 0 saturated carbocycles. The Morgan fingerprint density at radius 1 is 1.45 bits per heavy atom. The van der Waals surface area contributed by atoms with Gasteiger partial charge >= 0.3 is 12.1 Å². The van der Waals surface area contributed by atoms with E-state index in [0.717, 1.165) is 0 Å². The monoisotopic (exact) mass is 317 g/mol. The van der Waals surface area contributed by atoms with Crippen molar-refractivity contribution in [3.63, 3.8) is 0 Å². The lowest BCUT2D eigenvalue weighted by molar-refractivity contribution is -0.157. The van der Waals surface area contributed by atoms with Crippen molar-refractivity contribution in [2.75, 3.05) is 0 Å². The molecule has 0 aliphatic heterocycles. The molecule has 0 aromatic carbocycles. The van der Waals surface area contributed by atoms with Crippen LogP contribution in [0.4, 0.5) is 13.2 Å². The standard InChI is InChI=1S/C12H10F3N3O4/c13-12(14,15)5-8(11(20)21)16-10(19)7-4-6(17-18-7)9-2-1-3-22-9/h1-4,8H,5H2,(H,16,19)(H,17,18)(H,20,21). The molecule has 0 aliphatic carbocycles. The van der Waals surface area contributed by atoms with Gasteiger partial charge < -0.3 is 14.8 Å². The summed E-state index contributed by atoms with van der Waals surface area (Å²) in [4.78, 5) is 22.6. The number of nitrogens with zero attached hydrogens (tertiary/aromatic N) is 1. The molecule has 2 heterocycles. The molecule has 0 bridgehead atoms. The number of carboxylic acids is 1. The second-order valence-corrected chi connectivity index (χ2v) is 4.33. The van der Waals surface area contributed by atoms with E-state index < -0.39 is 30.5 Å². The van der Waals surface area contributed by atoms with Crippen molar-refractivity contribution >= 4 is 11.9 Å². The first-order valence-corrected chi connectivity index (χ1v) is 5.96. The molecule has 0 spiro atoms. The number of H-pyrrole nitrogens is 1. The first kappa shape index (κ1) is 15.6. The average Bonchev–Trinajstić information content (AvgIpc) is 3.07. The van der Waals surface area contributed by atoms with Gasteiger partial charge in [-0.25, -0.2) is 4.79 Å². The van der Waals surface area contributed by atoms with Crippen molar-refractivity contribution in [1.82, 2.24) is 15.5 Å². The highest BCUT2D eigenvalue weighted by molar-refractivity contribution is 5.95. The van der Waals surface area contributed by atoms with Gasteiger partial charge in [0.25, 0.3) is 5.91 Å². The van der Waals surface area contributed by atoms with E-state index in [1.165, 1.54) is 12.3 Å². The normalized spacial score (nSPS) is 12.9. The molecule has 0 radical (unpaired) electrons. The number of rotatable bonds is 5. The maximum absolute atomic E-state index is 12.3. The highest BCUT2D eigenvalue weighted by atomic mass is 19.4. The number of aromatic nitrogens is 2. The fourth-order valence-electron chi connectivity index (χ4n) is 1.66. The molecule has 10 heteroatoms. The number of aliphatic carboxylic acids is 1. The third-order valence-corrected chi connectivity index (χ3v) is 2.64. The van der Waals surface area contributed by atoms with Crippen molar-refractivity contribution in [2.24, 2.45) is 0 Å². The molecule has 0 fully saturated rings. The molecule has 118 valence electrons. The van der Waals surface area contributed by atoms with Gasteiger partial charge in [0, 0.05) is 6.07 Å². The van der Waals surface area contributed by atoms with Crippen LogP contribution < -0.4 is 5.32 Å². The first-order valence-electron chi connectivity index (χ1n) is 5.96. The molecular formula is C12H10F3N3O4. The van der Waals surface area contributed by atoms with E-state index in [9.17, 15) is 22.8 Å². The summed E-state index contributed by atoms with van der Waals surface area (Å²) in [6.07, 6.45) is -5.01. The Morgan fingerprint density at radius 2 is 2.18 bits per heavy atom. The summed E-state index contributed by atoms with van der Waals surface area (Å²) < 4.78 is 41.8. The van der Waals surface area contributed by atoms with Crippen molar-refractivity contribution in [3.05, 3.63) is 30.2 Å². The SMILES string of the molecule is O=C(NC(CC(F)(F)F)C(=O)O)c1cc(-c2ccco2)[nH]n1. The van der Waals surface area contributed by atoms with Gasteiger partial charge in [0.15, 0.2) is 11.5 Å². The molecule has 1 amide bonds. The fraction of sp³-hybridized carbons (Fsp3) is 0.250. The second-order valence-electron chi connectivity index (χ2n) is 4.33. The number of carbonyl (C=O) groups excluding carboxylic acids is 1. The third-order valence-electron chi connectivity index (χ3n) is 2.64. The van der Waals surface area contributed by atoms with Crippen LogP contribution in [0.5, 0.6) is 0 Å². The number of halogens is 3. The predicted molar refractivity (Wildman–Crippen MR) is 65.9 cm³/mol. The topological polar surface area (TPSA) is 108 Å². The molecule has 1 atom stereocenters. The molecule has 7 nitrogen and oxygen atoms in total. The minimum atomic E-state index is -4.72. The Morgan fingerprint density at radius 3 is 2.73 bits per heavy atom. The molecule has 1 unspecified atom stereocenters. The van der Waals surface area contributed by atoms with Crippen LogP contribution in [-0.4, -0.2) is 39.4 Å². The molecule has 0 saturated heterocycles. The van der Waals surface area contributed by atoms with Gasteiger partial charge in [-0.1, -0.05) is 0 Å². The Kier molecular flexibility index (Phi) is 4.20. The molecule has 22 heavy (non-hydrogen) atoms. The summed E-state index contributed by atoms with van der Waals surface area (Å²) in [5.41, 5.74) is 0.0812. The summed E-state index contributed by atoms with van der Waals surface area (Å²) in [5, 5.41) is 16.6. The highest BCUT2D eigenvalue weighted by Gasteiger charge is 2.36. The highest BCUT2D eigenvalue weighted by Crippen LogP contribution is 2.22. The van der Waals surface area contributed by atoms with Gasteiger partial charge in [-0.3, -0.25) is 9.89 Å². The number of furan rings is 1. The summed E-state index contributed by atoms with van der Waals surface area (Å²) >= 11 is 0. The third kappa shape index (κ3) is 3.87. The van der Waals surface area contributed by atoms with Crippen molar-refractivity contribution < 1.29 is 32.3 Å².